The van der Waals surface area contributed by atoms with Crippen molar-refractivity contribution in [1.29, 1.82) is 0 Å². The normalized spacial score (nSPS) is 10.9. The van der Waals surface area contributed by atoms with Crippen molar-refractivity contribution in [2.24, 2.45) is 0 Å². The Kier molecular flexibility index (Phi) is 7.66. The van der Waals surface area contributed by atoms with Gasteiger partial charge in [-0.2, -0.15) is 8.75 Å². The van der Waals surface area contributed by atoms with Crippen LogP contribution >= 0.6 is 27.7 Å². The smallest absolute Gasteiger partial charge is 0.258 e. The molecule has 0 bridgehead atoms. The topological polar surface area (TPSA) is 99.6 Å². The third-order valence-electron chi connectivity index (χ3n) is 3.49. The number of benzene rings is 1. The number of carbonyl (C=O) groups is 1. The van der Waals surface area contributed by atoms with Gasteiger partial charge in [-0.15, -0.1) is 6.42 Å². The molecule has 0 atom stereocenters. The highest BCUT2D eigenvalue weighted by Crippen LogP contribution is 2.36. The quantitative estimate of drug-likeness (QED) is 0.312. The lowest BCUT2D eigenvalue weighted by Crippen LogP contribution is -2.22. The second-order valence-electron chi connectivity index (χ2n) is 5.67. The zero-order chi connectivity index (χ0) is 20.7. The molecule has 1 aromatic carbocycles. The highest BCUT2D eigenvalue weighted by molar-refractivity contribution is 9.10. The van der Waals surface area contributed by atoms with Gasteiger partial charge in [-0.25, -0.2) is 0 Å². The van der Waals surface area contributed by atoms with Crippen molar-refractivity contribution >= 4 is 50.9 Å². The number of hydrogen-bond acceptors (Lipinski definition) is 8. The number of terminal acetylenes is 1. The second kappa shape index (κ2) is 9.96. The highest BCUT2D eigenvalue weighted by atomic mass is 79.9. The molecule has 1 heterocycles. The molecular formula is C18H20BrN5O3S. The van der Waals surface area contributed by atoms with E-state index in [1.54, 1.807) is 26.2 Å². The Labute approximate surface area is 176 Å². The zero-order valence-electron chi connectivity index (χ0n) is 15.6. The molecule has 0 aliphatic heterocycles. The first-order chi connectivity index (χ1) is 13.4. The van der Waals surface area contributed by atoms with E-state index < -0.39 is 0 Å². The summed E-state index contributed by atoms with van der Waals surface area (Å²) in [5.74, 6) is 3.38. The Bertz CT molecular complexity index is 920. The van der Waals surface area contributed by atoms with Crippen molar-refractivity contribution in [3.05, 3.63) is 34.0 Å². The number of phenolic OH excluding ortho intramolecular Hbond substituents is 1. The first-order valence-electron chi connectivity index (χ1n) is 8.23. The third kappa shape index (κ3) is 5.15. The molecule has 2 rings (SSSR count). The number of amides is 1. The van der Waals surface area contributed by atoms with Crippen LogP contribution in [0.2, 0.25) is 0 Å². The monoisotopic (exact) mass is 465 g/mol. The first-order valence-corrected chi connectivity index (χ1v) is 9.75. The van der Waals surface area contributed by atoms with E-state index >= 15 is 0 Å². The van der Waals surface area contributed by atoms with E-state index in [2.05, 4.69) is 41.2 Å². The van der Waals surface area contributed by atoms with Crippen LogP contribution in [-0.2, 0) is 4.74 Å². The van der Waals surface area contributed by atoms with Gasteiger partial charge in [0.05, 0.1) is 36.1 Å². The molecule has 0 aliphatic rings. The highest BCUT2D eigenvalue weighted by Gasteiger charge is 2.21. The van der Waals surface area contributed by atoms with E-state index in [4.69, 9.17) is 11.2 Å². The van der Waals surface area contributed by atoms with Crippen LogP contribution in [-0.4, -0.2) is 51.9 Å². The molecule has 0 saturated carbocycles. The van der Waals surface area contributed by atoms with Crippen molar-refractivity contribution in [2.75, 3.05) is 37.9 Å². The van der Waals surface area contributed by atoms with Gasteiger partial charge in [0.1, 0.15) is 5.76 Å². The van der Waals surface area contributed by atoms with Gasteiger partial charge in [0.15, 0.2) is 17.4 Å². The van der Waals surface area contributed by atoms with Gasteiger partial charge < -0.3 is 25.4 Å². The average molecular weight is 466 g/mol. The Balaban J connectivity index is 2.23. The van der Waals surface area contributed by atoms with Gasteiger partial charge in [-0.05, 0) is 35.0 Å². The molecule has 0 saturated heterocycles. The molecule has 3 N–H and O–H groups in total. The van der Waals surface area contributed by atoms with Gasteiger partial charge in [-0.3, -0.25) is 4.79 Å². The Morgan fingerprint density at radius 1 is 1.43 bits per heavy atom. The molecule has 0 radical (unpaired) electrons. The van der Waals surface area contributed by atoms with E-state index in [9.17, 15) is 9.90 Å². The fourth-order valence-electron chi connectivity index (χ4n) is 2.20. The van der Waals surface area contributed by atoms with Gasteiger partial charge in [-0.1, -0.05) is 5.92 Å². The summed E-state index contributed by atoms with van der Waals surface area (Å²) in [4.78, 5) is 13.7. The Morgan fingerprint density at radius 2 is 2.14 bits per heavy atom. The van der Waals surface area contributed by atoms with Crippen LogP contribution in [0, 0.1) is 12.3 Å². The maximum Gasteiger partial charge on any atom is 0.258 e. The van der Waals surface area contributed by atoms with E-state index in [1.807, 2.05) is 6.92 Å². The fourth-order valence-corrected chi connectivity index (χ4v) is 3.18. The number of ether oxygens (including phenoxy) is 1. The summed E-state index contributed by atoms with van der Waals surface area (Å²) in [5.41, 5.74) is 0.483. The number of nitrogens with one attached hydrogen (secondary N) is 2. The number of hydrogen-bond donors (Lipinski definition) is 3. The number of carbonyl (C=O) groups excluding carboxylic acids is 1. The van der Waals surface area contributed by atoms with Crippen LogP contribution in [0.4, 0.5) is 17.3 Å². The minimum Gasteiger partial charge on any atom is -0.505 e. The summed E-state index contributed by atoms with van der Waals surface area (Å²) < 4.78 is 14.3. The van der Waals surface area contributed by atoms with Crippen molar-refractivity contribution in [2.45, 2.75) is 6.92 Å². The van der Waals surface area contributed by atoms with E-state index in [0.717, 1.165) is 11.7 Å². The minimum atomic E-state index is -0.330. The van der Waals surface area contributed by atoms with Crippen LogP contribution in [0.1, 0.15) is 17.3 Å². The van der Waals surface area contributed by atoms with Gasteiger partial charge in [0.25, 0.3) is 5.91 Å². The van der Waals surface area contributed by atoms with E-state index in [-0.39, 0.29) is 17.2 Å². The molecule has 1 amide bonds. The summed E-state index contributed by atoms with van der Waals surface area (Å²) in [7, 11) is 3.22. The Hall–Kier alpha value is -2.77. The number of nitrogens with zero attached hydrogens (tertiary/aromatic N) is 3. The number of phenols is 1. The van der Waals surface area contributed by atoms with E-state index in [0.29, 0.717) is 40.7 Å². The second-order valence-corrected chi connectivity index (χ2v) is 7.05. The molecule has 0 aliphatic carbocycles. The molecule has 28 heavy (non-hydrogen) atoms. The maximum atomic E-state index is 12.3. The van der Waals surface area contributed by atoms with Crippen molar-refractivity contribution in [3.8, 4) is 18.1 Å². The van der Waals surface area contributed by atoms with Crippen LogP contribution in [0.3, 0.4) is 0 Å². The van der Waals surface area contributed by atoms with E-state index in [1.165, 1.54) is 11.0 Å². The first kappa shape index (κ1) is 21.5. The molecule has 0 spiro atoms. The summed E-state index contributed by atoms with van der Waals surface area (Å²) in [6.07, 6.45) is 6.83. The molecule has 148 valence electrons. The Morgan fingerprint density at radius 3 is 2.79 bits per heavy atom. The summed E-state index contributed by atoms with van der Waals surface area (Å²) in [6, 6.07) is 3.31. The molecule has 0 fully saturated rings. The maximum absolute atomic E-state index is 12.3. The number of rotatable bonds is 8. The van der Waals surface area contributed by atoms with Crippen molar-refractivity contribution in [1.82, 2.24) is 13.6 Å². The zero-order valence-corrected chi connectivity index (χ0v) is 18.0. The lowest BCUT2D eigenvalue weighted by Gasteiger charge is -2.16. The predicted molar refractivity (Wildman–Crippen MR) is 114 cm³/mol. The number of aromatic hydroxyl groups is 1. The number of anilines is 3. The summed E-state index contributed by atoms with van der Waals surface area (Å²) in [5, 5.41) is 16.7. The summed E-state index contributed by atoms with van der Waals surface area (Å²) >= 11 is 4.30. The average Bonchev–Trinajstić information content (AvgIpc) is 3.09. The molecule has 1 aromatic heterocycles. The lowest BCUT2D eigenvalue weighted by molar-refractivity contribution is 0.0824. The molecule has 10 heteroatoms. The third-order valence-corrected chi connectivity index (χ3v) is 4.68. The van der Waals surface area contributed by atoms with Crippen molar-refractivity contribution < 1.29 is 14.6 Å². The summed E-state index contributed by atoms with van der Waals surface area (Å²) in [6.45, 7) is 2.69. The number of aromatic nitrogens is 2. The number of halogens is 1. The van der Waals surface area contributed by atoms with Crippen LogP contribution < -0.4 is 10.6 Å². The fraction of sp³-hybridized carbons (Fsp3) is 0.278. The van der Waals surface area contributed by atoms with Gasteiger partial charge >= 0.3 is 0 Å². The van der Waals surface area contributed by atoms with Crippen LogP contribution in [0.5, 0.6) is 5.75 Å². The number of allylic oxidation sites excluding steroid dienone is 1. The largest absolute Gasteiger partial charge is 0.505 e. The van der Waals surface area contributed by atoms with Crippen LogP contribution in [0.15, 0.2) is 28.4 Å². The van der Waals surface area contributed by atoms with Crippen molar-refractivity contribution in [3.63, 3.8) is 0 Å². The minimum absolute atomic E-state index is 0.156. The van der Waals surface area contributed by atoms with Gasteiger partial charge in [0.2, 0.25) is 0 Å². The SMILES string of the molecule is C#C/C=C(/CNc1nsnc1Nc1ccc(Br)c(C(=O)N(C)C)c1O)OCC. The predicted octanol–water partition coefficient (Wildman–Crippen LogP) is 3.42. The lowest BCUT2D eigenvalue weighted by atomic mass is 10.1. The van der Waals surface area contributed by atoms with Gasteiger partial charge in [0, 0.05) is 24.6 Å². The molecular weight excluding hydrogens is 446 g/mol. The molecule has 8 nitrogen and oxygen atoms in total. The molecule has 2 aromatic rings. The standard InChI is InChI=1S/C18H20BrN5O3S/c1-5-7-11(27-6-2)10-20-16-17(23-28-22-16)21-13-9-8-12(19)14(15(13)25)18(26)24(3)4/h1,7-9,25H,6,10H2,2-4H3,(H,20,22)(H,21,23)/b11-7-. The molecule has 0 unspecified atom stereocenters. The van der Waals surface area contributed by atoms with Crippen LogP contribution in [0.25, 0.3) is 0 Å².